The summed E-state index contributed by atoms with van der Waals surface area (Å²) in [7, 11) is 0. The standard InChI is InChI=1S/C27H37NO/c1-26-14-11-20(29)17-19(26)7-8-21-22-9-10-25(27(22,2)15-12-23(21)26)28-16-13-18-5-3-4-6-24(18)28/h3-6,13,16,19-23,25,29H,7-12,14-15,17H2,1-2H3/t19?,20-,21?,22?,23?,25?,26-,27-/m0/s1. The van der Waals surface area contributed by atoms with Gasteiger partial charge in [-0.25, -0.2) is 0 Å². The Kier molecular flexibility index (Phi) is 4.05. The second kappa shape index (κ2) is 6.36. The number of fused-ring (bicyclic) bond motifs is 6. The normalized spacial score (nSPS) is 46.9. The molecule has 0 bridgehead atoms. The van der Waals surface area contributed by atoms with Crippen molar-refractivity contribution in [1.29, 1.82) is 0 Å². The van der Waals surface area contributed by atoms with Crippen molar-refractivity contribution < 1.29 is 5.11 Å². The average molecular weight is 392 g/mol. The van der Waals surface area contributed by atoms with Crippen LogP contribution in [0, 0.1) is 34.5 Å². The maximum atomic E-state index is 10.3. The topological polar surface area (TPSA) is 25.2 Å². The molecule has 1 aromatic carbocycles. The summed E-state index contributed by atoms with van der Waals surface area (Å²) in [6, 6.07) is 11.9. The lowest BCUT2D eigenvalue weighted by atomic mass is 9.45. The fourth-order valence-corrected chi connectivity index (χ4v) is 9.04. The van der Waals surface area contributed by atoms with E-state index in [0.29, 0.717) is 16.9 Å². The van der Waals surface area contributed by atoms with E-state index >= 15 is 0 Å². The minimum absolute atomic E-state index is 0.0311. The van der Waals surface area contributed by atoms with Crippen LogP contribution >= 0.6 is 0 Å². The summed E-state index contributed by atoms with van der Waals surface area (Å²) in [4.78, 5) is 0. The third-order valence-corrected chi connectivity index (χ3v) is 10.6. The zero-order valence-corrected chi connectivity index (χ0v) is 18.2. The van der Waals surface area contributed by atoms with Crippen LogP contribution in [0.3, 0.4) is 0 Å². The van der Waals surface area contributed by atoms with E-state index in [4.69, 9.17) is 0 Å². The molecular weight excluding hydrogens is 354 g/mol. The lowest BCUT2D eigenvalue weighted by Gasteiger charge is -2.61. The fourth-order valence-electron chi connectivity index (χ4n) is 9.04. The minimum Gasteiger partial charge on any atom is -0.393 e. The first-order chi connectivity index (χ1) is 14.0. The fraction of sp³-hybridized carbons (Fsp3) is 0.704. The van der Waals surface area contributed by atoms with Crippen LogP contribution in [0.25, 0.3) is 10.9 Å². The summed E-state index contributed by atoms with van der Waals surface area (Å²) < 4.78 is 2.64. The van der Waals surface area contributed by atoms with Gasteiger partial charge in [0.25, 0.3) is 0 Å². The lowest BCUT2D eigenvalue weighted by Crippen LogP contribution is -2.54. The van der Waals surface area contributed by atoms with Crippen molar-refractivity contribution >= 4 is 10.9 Å². The van der Waals surface area contributed by atoms with Gasteiger partial charge in [0.1, 0.15) is 0 Å². The first-order valence-electron chi connectivity index (χ1n) is 12.2. The number of rotatable bonds is 1. The second-order valence-electron chi connectivity index (χ2n) is 11.5. The second-order valence-corrected chi connectivity index (χ2v) is 11.5. The van der Waals surface area contributed by atoms with E-state index in [9.17, 15) is 5.11 Å². The number of benzene rings is 1. The number of aromatic nitrogens is 1. The molecule has 0 spiro atoms. The molecule has 0 aliphatic heterocycles. The monoisotopic (exact) mass is 391 g/mol. The van der Waals surface area contributed by atoms with Crippen LogP contribution in [0.4, 0.5) is 0 Å². The van der Waals surface area contributed by atoms with Crippen LogP contribution in [0.5, 0.6) is 0 Å². The zero-order chi connectivity index (χ0) is 19.8. The SMILES string of the molecule is C[C@]12CC[C@H](O)CC1CCC1C2CC[C@@]2(C)C1CCC2n1ccc2ccccc21. The first kappa shape index (κ1) is 18.5. The molecule has 5 unspecified atom stereocenters. The third kappa shape index (κ3) is 2.51. The molecule has 4 aliphatic rings. The summed E-state index contributed by atoms with van der Waals surface area (Å²) >= 11 is 0. The van der Waals surface area contributed by atoms with E-state index in [-0.39, 0.29) is 6.10 Å². The number of hydrogen-bond acceptors (Lipinski definition) is 1. The van der Waals surface area contributed by atoms with Crippen molar-refractivity contribution in [3.05, 3.63) is 36.5 Å². The van der Waals surface area contributed by atoms with Crippen molar-refractivity contribution in [3.63, 3.8) is 0 Å². The Morgan fingerprint density at radius 1 is 0.862 bits per heavy atom. The van der Waals surface area contributed by atoms with Gasteiger partial charge in [-0.05, 0) is 110 Å². The summed E-state index contributed by atoms with van der Waals surface area (Å²) in [5.74, 6) is 3.46. The summed E-state index contributed by atoms with van der Waals surface area (Å²) in [6.07, 6.45) is 14.0. The Morgan fingerprint density at radius 3 is 2.55 bits per heavy atom. The van der Waals surface area contributed by atoms with Gasteiger partial charge in [0.2, 0.25) is 0 Å². The summed E-state index contributed by atoms with van der Waals surface area (Å²) in [5.41, 5.74) is 2.36. The Bertz CT molecular complexity index is 916. The summed E-state index contributed by atoms with van der Waals surface area (Å²) in [5, 5.41) is 11.7. The molecule has 2 nitrogen and oxygen atoms in total. The van der Waals surface area contributed by atoms with Crippen LogP contribution < -0.4 is 0 Å². The van der Waals surface area contributed by atoms with Crippen molar-refractivity contribution in [1.82, 2.24) is 4.57 Å². The van der Waals surface area contributed by atoms with Crippen LogP contribution in [-0.2, 0) is 0 Å². The minimum atomic E-state index is -0.0311. The Morgan fingerprint density at radius 2 is 1.66 bits per heavy atom. The third-order valence-electron chi connectivity index (χ3n) is 10.6. The Labute approximate surface area is 175 Å². The van der Waals surface area contributed by atoms with E-state index in [1.54, 1.807) is 0 Å². The largest absolute Gasteiger partial charge is 0.393 e. The van der Waals surface area contributed by atoms with Gasteiger partial charge in [-0.1, -0.05) is 32.0 Å². The van der Waals surface area contributed by atoms with E-state index < -0.39 is 0 Å². The molecule has 2 heteroatoms. The van der Waals surface area contributed by atoms with Gasteiger partial charge < -0.3 is 9.67 Å². The van der Waals surface area contributed by atoms with Crippen LogP contribution in [0.15, 0.2) is 36.5 Å². The summed E-state index contributed by atoms with van der Waals surface area (Å²) in [6.45, 7) is 5.24. The van der Waals surface area contributed by atoms with Crippen molar-refractivity contribution in [2.75, 3.05) is 0 Å². The first-order valence-corrected chi connectivity index (χ1v) is 12.2. The maximum Gasteiger partial charge on any atom is 0.0543 e. The Hall–Kier alpha value is -1.28. The van der Waals surface area contributed by atoms with Gasteiger partial charge >= 0.3 is 0 Å². The number of aliphatic hydroxyl groups excluding tert-OH is 1. The van der Waals surface area contributed by atoms with Gasteiger partial charge in [-0.2, -0.15) is 0 Å². The number of hydrogen-bond donors (Lipinski definition) is 1. The molecule has 156 valence electrons. The molecule has 0 radical (unpaired) electrons. The Balaban J connectivity index is 1.33. The van der Waals surface area contributed by atoms with Gasteiger partial charge in [-0.15, -0.1) is 0 Å². The lowest BCUT2D eigenvalue weighted by molar-refractivity contribution is -0.125. The van der Waals surface area contributed by atoms with E-state index in [0.717, 1.165) is 36.5 Å². The van der Waals surface area contributed by atoms with E-state index in [1.165, 1.54) is 55.8 Å². The molecule has 0 saturated heterocycles. The quantitative estimate of drug-likeness (QED) is 0.583. The molecule has 4 aliphatic carbocycles. The van der Waals surface area contributed by atoms with Crippen LogP contribution in [0.1, 0.15) is 77.7 Å². The van der Waals surface area contributed by atoms with Gasteiger partial charge in [0.15, 0.2) is 0 Å². The smallest absolute Gasteiger partial charge is 0.0543 e. The van der Waals surface area contributed by atoms with Crippen LogP contribution in [-0.4, -0.2) is 15.8 Å². The molecule has 29 heavy (non-hydrogen) atoms. The predicted octanol–water partition coefficient (Wildman–Crippen LogP) is 6.59. The maximum absolute atomic E-state index is 10.3. The highest BCUT2D eigenvalue weighted by Gasteiger charge is 2.60. The molecule has 4 saturated carbocycles. The molecule has 1 aromatic heterocycles. The van der Waals surface area contributed by atoms with E-state index in [1.807, 2.05) is 0 Å². The van der Waals surface area contributed by atoms with Crippen molar-refractivity contribution in [2.24, 2.45) is 34.5 Å². The molecule has 8 atom stereocenters. The van der Waals surface area contributed by atoms with Gasteiger partial charge in [0, 0.05) is 17.8 Å². The van der Waals surface area contributed by atoms with Gasteiger partial charge in [-0.3, -0.25) is 0 Å². The van der Waals surface area contributed by atoms with Crippen molar-refractivity contribution in [3.8, 4) is 0 Å². The molecule has 1 N–H and O–H groups in total. The van der Waals surface area contributed by atoms with Crippen molar-refractivity contribution in [2.45, 2.75) is 83.8 Å². The highest BCUT2D eigenvalue weighted by molar-refractivity contribution is 5.80. The highest BCUT2D eigenvalue weighted by Crippen LogP contribution is 2.68. The highest BCUT2D eigenvalue weighted by atomic mass is 16.3. The molecule has 1 heterocycles. The molecule has 0 amide bonds. The number of para-hydroxylation sites is 1. The molecule has 2 aromatic rings. The number of aliphatic hydroxyl groups is 1. The average Bonchev–Trinajstić information content (AvgIpc) is 3.29. The van der Waals surface area contributed by atoms with E-state index in [2.05, 4.69) is 54.9 Å². The number of nitrogens with zero attached hydrogens (tertiary/aromatic N) is 1. The van der Waals surface area contributed by atoms with Crippen LogP contribution in [0.2, 0.25) is 0 Å². The molecule has 6 rings (SSSR count). The zero-order valence-electron chi connectivity index (χ0n) is 18.2. The predicted molar refractivity (Wildman–Crippen MR) is 119 cm³/mol. The molecule has 4 fully saturated rings. The van der Waals surface area contributed by atoms with Gasteiger partial charge in [0.05, 0.1) is 6.10 Å². The molecular formula is C27H37NO.